The van der Waals surface area contributed by atoms with Crippen molar-refractivity contribution in [2.24, 2.45) is 5.14 Å². The van der Waals surface area contributed by atoms with E-state index in [0.717, 1.165) is 19.4 Å². The lowest BCUT2D eigenvalue weighted by Crippen LogP contribution is -2.39. The Balaban J connectivity index is 1.77. The maximum absolute atomic E-state index is 12.8. The molecule has 3 rings (SSSR count). The van der Waals surface area contributed by atoms with Gasteiger partial charge in [0.1, 0.15) is 0 Å². The summed E-state index contributed by atoms with van der Waals surface area (Å²) in [5.41, 5.74) is 3.03. The molecular weight excluding hydrogens is 336 g/mol. The molecule has 1 aliphatic rings. The van der Waals surface area contributed by atoms with Gasteiger partial charge in [-0.25, -0.2) is 13.6 Å². The fourth-order valence-corrected chi connectivity index (χ4v) is 3.95. The second-order valence-corrected chi connectivity index (χ2v) is 8.08. The first-order valence-electron chi connectivity index (χ1n) is 8.34. The Hall–Kier alpha value is -2.18. The van der Waals surface area contributed by atoms with Crippen molar-refractivity contribution in [3.63, 3.8) is 0 Å². The highest BCUT2D eigenvalue weighted by Gasteiger charge is 2.26. The molecule has 1 atom stereocenters. The Kier molecular flexibility index (Phi) is 4.92. The van der Waals surface area contributed by atoms with Gasteiger partial charge in [-0.3, -0.25) is 4.79 Å². The van der Waals surface area contributed by atoms with Crippen molar-refractivity contribution in [1.82, 2.24) is 4.90 Å². The van der Waals surface area contributed by atoms with Crippen molar-refractivity contribution >= 4 is 15.9 Å². The minimum absolute atomic E-state index is 0.0143. The van der Waals surface area contributed by atoms with E-state index in [2.05, 4.69) is 19.1 Å². The highest BCUT2D eigenvalue weighted by molar-refractivity contribution is 7.89. The fraction of sp³-hybridized carbons (Fsp3) is 0.316. The van der Waals surface area contributed by atoms with Crippen LogP contribution in [0.1, 0.15) is 40.2 Å². The Labute approximate surface area is 148 Å². The highest BCUT2D eigenvalue weighted by atomic mass is 32.2. The quantitative estimate of drug-likeness (QED) is 0.916. The average Bonchev–Trinajstić information content (AvgIpc) is 2.61. The monoisotopic (exact) mass is 358 g/mol. The molecule has 1 aliphatic heterocycles. The lowest BCUT2D eigenvalue weighted by molar-refractivity contribution is 0.0707. The van der Waals surface area contributed by atoms with Gasteiger partial charge in [-0.1, -0.05) is 24.3 Å². The number of aryl methyl sites for hydroxylation is 1. The first kappa shape index (κ1) is 17.6. The third-order valence-corrected chi connectivity index (χ3v) is 5.70. The molecule has 2 N–H and O–H groups in total. The summed E-state index contributed by atoms with van der Waals surface area (Å²) >= 11 is 0. The van der Waals surface area contributed by atoms with Crippen molar-refractivity contribution in [1.29, 1.82) is 0 Å². The number of primary sulfonamides is 1. The van der Waals surface area contributed by atoms with Gasteiger partial charge in [-0.15, -0.1) is 0 Å². The number of likely N-dealkylation sites (tertiary alicyclic amines) is 1. The van der Waals surface area contributed by atoms with Gasteiger partial charge in [-0.2, -0.15) is 0 Å². The molecular formula is C19H22N2O3S. The van der Waals surface area contributed by atoms with Crippen molar-refractivity contribution in [2.75, 3.05) is 13.1 Å². The van der Waals surface area contributed by atoms with Crippen LogP contribution < -0.4 is 5.14 Å². The summed E-state index contributed by atoms with van der Waals surface area (Å²) in [7, 11) is -3.74. The first-order valence-corrected chi connectivity index (χ1v) is 9.88. The summed E-state index contributed by atoms with van der Waals surface area (Å²) < 4.78 is 22.7. The van der Waals surface area contributed by atoms with Crippen LogP contribution in [0.2, 0.25) is 0 Å². The van der Waals surface area contributed by atoms with E-state index in [4.69, 9.17) is 5.14 Å². The summed E-state index contributed by atoms with van der Waals surface area (Å²) in [4.78, 5) is 14.6. The van der Waals surface area contributed by atoms with Crippen LogP contribution in [0.25, 0.3) is 0 Å². The summed E-state index contributed by atoms with van der Waals surface area (Å²) in [6, 6.07) is 14.1. The molecule has 0 radical (unpaired) electrons. The van der Waals surface area contributed by atoms with Gasteiger partial charge in [0, 0.05) is 24.6 Å². The molecule has 0 bridgehead atoms. The molecule has 1 heterocycles. The van der Waals surface area contributed by atoms with Crippen LogP contribution in [0, 0.1) is 6.92 Å². The standard InChI is InChI=1S/C19H22N2O3S/c1-14-5-2-3-7-18(14)16-6-4-12-21(13-16)19(22)15-8-10-17(11-9-15)25(20,23)24/h2-3,5,7-11,16H,4,6,12-13H2,1H3,(H2,20,23,24)/t16-/m1/s1. The SMILES string of the molecule is Cc1ccccc1[C@@H]1CCCN(C(=O)c2ccc(S(N)(=O)=O)cc2)C1. The predicted octanol–water partition coefficient (Wildman–Crippen LogP) is 2.66. The van der Waals surface area contributed by atoms with E-state index in [9.17, 15) is 13.2 Å². The van der Waals surface area contributed by atoms with E-state index < -0.39 is 10.0 Å². The number of nitrogens with two attached hydrogens (primary N) is 1. The van der Waals surface area contributed by atoms with Gasteiger partial charge in [0.05, 0.1) is 4.90 Å². The number of nitrogens with zero attached hydrogens (tertiary/aromatic N) is 1. The molecule has 1 amide bonds. The van der Waals surface area contributed by atoms with Crippen LogP contribution in [-0.2, 0) is 10.0 Å². The van der Waals surface area contributed by atoms with Gasteiger partial charge in [-0.05, 0) is 55.2 Å². The topological polar surface area (TPSA) is 80.5 Å². The normalized spacial score (nSPS) is 18.2. The zero-order valence-electron chi connectivity index (χ0n) is 14.2. The lowest BCUT2D eigenvalue weighted by Gasteiger charge is -2.33. The van der Waals surface area contributed by atoms with E-state index in [1.165, 1.54) is 35.4 Å². The smallest absolute Gasteiger partial charge is 0.253 e. The predicted molar refractivity (Wildman–Crippen MR) is 96.9 cm³/mol. The van der Waals surface area contributed by atoms with Crippen LogP contribution in [0.15, 0.2) is 53.4 Å². The van der Waals surface area contributed by atoms with Gasteiger partial charge >= 0.3 is 0 Å². The second kappa shape index (κ2) is 6.98. The van der Waals surface area contributed by atoms with E-state index >= 15 is 0 Å². The number of carbonyl (C=O) groups is 1. The molecule has 0 unspecified atom stereocenters. The van der Waals surface area contributed by atoms with Crippen LogP contribution >= 0.6 is 0 Å². The van der Waals surface area contributed by atoms with Gasteiger partial charge in [0.25, 0.3) is 5.91 Å². The summed E-state index contributed by atoms with van der Waals surface area (Å²) in [6.45, 7) is 3.50. The molecule has 25 heavy (non-hydrogen) atoms. The zero-order chi connectivity index (χ0) is 18.0. The maximum atomic E-state index is 12.8. The van der Waals surface area contributed by atoms with Gasteiger partial charge < -0.3 is 4.90 Å². The number of hydrogen-bond acceptors (Lipinski definition) is 3. The summed E-state index contributed by atoms with van der Waals surface area (Å²) in [6.07, 6.45) is 2.03. The van der Waals surface area contributed by atoms with E-state index in [1.54, 1.807) is 0 Å². The lowest BCUT2D eigenvalue weighted by atomic mass is 9.88. The van der Waals surface area contributed by atoms with Crippen molar-refractivity contribution in [3.05, 3.63) is 65.2 Å². The minimum Gasteiger partial charge on any atom is -0.338 e. The number of piperidine rings is 1. The highest BCUT2D eigenvalue weighted by Crippen LogP contribution is 2.29. The van der Waals surface area contributed by atoms with E-state index in [0.29, 0.717) is 18.0 Å². The molecule has 6 heteroatoms. The molecule has 0 spiro atoms. The third-order valence-electron chi connectivity index (χ3n) is 4.77. The molecule has 1 saturated heterocycles. The molecule has 0 saturated carbocycles. The van der Waals surface area contributed by atoms with Crippen molar-refractivity contribution in [2.45, 2.75) is 30.6 Å². The number of amides is 1. The van der Waals surface area contributed by atoms with E-state index in [-0.39, 0.29) is 10.8 Å². The van der Waals surface area contributed by atoms with Crippen LogP contribution in [0.5, 0.6) is 0 Å². The fourth-order valence-electron chi connectivity index (χ4n) is 3.43. The van der Waals surface area contributed by atoms with E-state index in [1.807, 2.05) is 17.0 Å². The Morgan fingerprint density at radius 3 is 2.44 bits per heavy atom. The summed E-state index contributed by atoms with van der Waals surface area (Å²) in [5.74, 6) is 0.266. The van der Waals surface area contributed by atoms with Gasteiger partial charge in [0.15, 0.2) is 0 Å². The third kappa shape index (κ3) is 3.91. The van der Waals surface area contributed by atoms with Gasteiger partial charge in [0.2, 0.25) is 10.0 Å². The Bertz CT molecular complexity index is 876. The zero-order valence-corrected chi connectivity index (χ0v) is 15.0. The largest absolute Gasteiger partial charge is 0.338 e. The maximum Gasteiger partial charge on any atom is 0.253 e. The molecule has 2 aromatic carbocycles. The molecule has 1 fully saturated rings. The Morgan fingerprint density at radius 2 is 1.80 bits per heavy atom. The van der Waals surface area contributed by atoms with Crippen molar-refractivity contribution in [3.8, 4) is 0 Å². The number of carbonyl (C=O) groups excluding carboxylic acids is 1. The average molecular weight is 358 g/mol. The molecule has 132 valence electrons. The van der Waals surface area contributed by atoms with Crippen molar-refractivity contribution < 1.29 is 13.2 Å². The van der Waals surface area contributed by atoms with Crippen LogP contribution in [0.4, 0.5) is 0 Å². The number of rotatable bonds is 3. The number of hydrogen-bond donors (Lipinski definition) is 1. The molecule has 0 aromatic heterocycles. The molecule has 5 nitrogen and oxygen atoms in total. The first-order chi connectivity index (χ1) is 11.9. The molecule has 0 aliphatic carbocycles. The molecule has 2 aromatic rings. The second-order valence-electron chi connectivity index (χ2n) is 6.52. The minimum atomic E-state index is -3.74. The number of benzene rings is 2. The van der Waals surface area contributed by atoms with Crippen LogP contribution in [0.3, 0.4) is 0 Å². The summed E-state index contributed by atoms with van der Waals surface area (Å²) in [5, 5.41) is 5.10. The Morgan fingerprint density at radius 1 is 1.12 bits per heavy atom. The van der Waals surface area contributed by atoms with Crippen LogP contribution in [-0.4, -0.2) is 32.3 Å². The number of sulfonamides is 1.